The zero-order chi connectivity index (χ0) is 20.3. The number of carbonyl (C=O) groups excluding carboxylic acids is 1. The lowest BCUT2D eigenvalue weighted by atomic mass is 10.1. The molecule has 0 aliphatic carbocycles. The van der Waals surface area contributed by atoms with E-state index >= 15 is 0 Å². The third kappa shape index (κ3) is 4.12. The molecule has 5 rings (SSSR count). The molecule has 1 amide bonds. The lowest BCUT2D eigenvalue weighted by molar-refractivity contribution is -0.115. The second kappa shape index (κ2) is 8.36. The van der Waals surface area contributed by atoms with Gasteiger partial charge >= 0.3 is 0 Å². The van der Waals surface area contributed by atoms with Crippen molar-refractivity contribution in [1.82, 2.24) is 4.90 Å². The Morgan fingerprint density at radius 3 is 2.60 bits per heavy atom. The molecule has 0 atom stereocenters. The van der Waals surface area contributed by atoms with Gasteiger partial charge in [-0.05, 0) is 53.1 Å². The molecule has 1 N–H and O–H groups in total. The molecule has 0 bridgehead atoms. The number of hydrogen-bond donors (Lipinski definition) is 1. The molecule has 2 aliphatic rings. The smallest absolute Gasteiger partial charge is 0.228 e. The van der Waals surface area contributed by atoms with Crippen molar-refractivity contribution in [2.24, 2.45) is 0 Å². The van der Waals surface area contributed by atoms with Gasteiger partial charge in [-0.15, -0.1) is 0 Å². The Hall–Kier alpha value is -3.05. The molecule has 1 fully saturated rings. The topological polar surface area (TPSA) is 44.8 Å². The van der Waals surface area contributed by atoms with Gasteiger partial charge in [0.25, 0.3) is 0 Å². The summed E-state index contributed by atoms with van der Waals surface area (Å²) < 4.78 is 5.91. The monoisotopic (exact) mass is 401 g/mol. The Bertz CT molecular complexity index is 1060. The largest absolute Gasteiger partial charge is 0.494 e. The number of nitrogens with one attached hydrogen (secondary N) is 1. The molecule has 5 nitrogen and oxygen atoms in total. The Labute approximate surface area is 177 Å². The van der Waals surface area contributed by atoms with Gasteiger partial charge in [0.1, 0.15) is 5.75 Å². The van der Waals surface area contributed by atoms with Gasteiger partial charge in [0, 0.05) is 44.1 Å². The van der Waals surface area contributed by atoms with Gasteiger partial charge in [-0.3, -0.25) is 9.69 Å². The van der Waals surface area contributed by atoms with Crippen molar-refractivity contribution in [3.05, 3.63) is 66.2 Å². The summed E-state index contributed by atoms with van der Waals surface area (Å²) in [6, 6.07) is 21.2. The molecule has 0 unspecified atom stereocenters. The Kier molecular flexibility index (Phi) is 5.28. The van der Waals surface area contributed by atoms with Crippen LogP contribution in [0.25, 0.3) is 10.8 Å². The van der Waals surface area contributed by atoms with E-state index in [2.05, 4.69) is 57.6 Å². The van der Waals surface area contributed by atoms with Crippen LogP contribution in [0, 0.1) is 0 Å². The third-order valence-electron chi connectivity index (χ3n) is 6.06. The molecule has 2 aliphatic heterocycles. The number of anilines is 2. The predicted molar refractivity (Wildman–Crippen MR) is 121 cm³/mol. The fourth-order valence-electron chi connectivity index (χ4n) is 4.38. The SMILES string of the molecule is O=C1Cc2cc(OCCCN3CCN(c4ccc5ccccc5c4)CC3)ccc2N1. The van der Waals surface area contributed by atoms with Crippen LogP contribution in [0.5, 0.6) is 5.75 Å². The van der Waals surface area contributed by atoms with Crippen molar-refractivity contribution < 1.29 is 9.53 Å². The Morgan fingerprint density at radius 1 is 0.900 bits per heavy atom. The second-order valence-electron chi connectivity index (χ2n) is 8.11. The minimum absolute atomic E-state index is 0.0602. The van der Waals surface area contributed by atoms with Crippen LogP contribution in [0.4, 0.5) is 11.4 Å². The zero-order valence-corrected chi connectivity index (χ0v) is 17.1. The molecule has 0 aromatic heterocycles. The van der Waals surface area contributed by atoms with E-state index in [4.69, 9.17) is 4.74 Å². The van der Waals surface area contributed by atoms with Crippen LogP contribution in [-0.2, 0) is 11.2 Å². The van der Waals surface area contributed by atoms with Gasteiger partial charge in [0.2, 0.25) is 5.91 Å². The number of fused-ring (bicyclic) bond motifs is 2. The van der Waals surface area contributed by atoms with Crippen molar-refractivity contribution in [1.29, 1.82) is 0 Å². The number of hydrogen-bond acceptors (Lipinski definition) is 4. The van der Waals surface area contributed by atoms with Crippen molar-refractivity contribution in [2.45, 2.75) is 12.8 Å². The van der Waals surface area contributed by atoms with E-state index in [0.29, 0.717) is 13.0 Å². The highest BCUT2D eigenvalue weighted by Gasteiger charge is 2.19. The van der Waals surface area contributed by atoms with E-state index in [0.717, 1.165) is 56.1 Å². The highest BCUT2D eigenvalue weighted by atomic mass is 16.5. The van der Waals surface area contributed by atoms with E-state index in [-0.39, 0.29) is 5.91 Å². The van der Waals surface area contributed by atoms with Crippen LogP contribution in [0.3, 0.4) is 0 Å². The summed E-state index contributed by atoms with van der Waals surface area (Å²) in [4.78, 5) is 16.5. The van der Waals surface area contributed by atoms with E-state index in [1.54, 1.807) is 0 Å². The maximum Gasteiger partial charge on any atom is 0.228 e. The van der Waals surface area contributed by atoms with E-state index in [1.165, 1.54) is 16.5 Å². The summed E-state index contributed by atoms with van der Waals surface area (Å²) in [5.41, 5.74) is 3.26. The first-order chi connectivity index (χ1) is 14.7. The van der Waals surface area contributed by atoms with Gasteiger partial charge < -0.3 is 15.0 Å². The van der Waals surface area contributed by atoms with Crippen LogP contribution in [0.2, 0.25) is 0 Å². The standard InChI is InChI=1S/C25H27N3O2/c29-25-18-21-17-23(8-9-24(21)26-25)30-15-3-10-27-11-13-28(14-12-27)22-7-6-19-4-1-2-5-20(19)16-22/h1-2,4-9,16-17H,3,10-15,18H2,(H,26,29). The summed E-state index contributed by atoms with van der Waals surface area (Å²) in [6.45, 7) is 6.04. The normalized spacial score (nSPS) is 16.5. The van der Waals surface area contributed by atoms with Crippen LogP contribution < -0.4 is 15.0 Å². The molecular formula is C25H27N3O2. The highest BCUT2D eigenvalue weighted by molar-refractivity contribution is 5.99. The van der Waals surface area contributed by atoms with Gasteiger partial charge in [-0.1, -0.05) is 30.3 Å². The van der Waals surface area contributed by atoms with Gasteiger partial charge in [-0.2, -0.15) is 0 Å². The summed E-state index contributed by atoms with van der Waals surface area (Å²) in [5.74, 6) is 0.913. The summed E-state index contributed by atoms with van der Waals surface area (Å²) in [5, 5.41) is 5.46. The minimum atomic E-state index is 0.0602. The average Bonchev–Trinajstić information content (AvgIpc) is 3.16. The minimum Gasteiger partial charge on any atom is -0.494 e. The molecule has 3 aromatic carbocycles. The van der Waals surface area contributed by atoms with Gasteiger partial charge in [-0.25, -0.2) is 0 Å². The number of ether oxygens (including phenoxy) is 1. The number of amides is 1. The molecule has 30 heavy (non-hydrogen) atoms. The average molecular weight is 402 g/mol. The fourth-order valence-corrected chi connectivity index (χ4v) is 4.38. The molecule has 154 valence electrons. The Morgan fingerprint density at radius 2 is 1.73 bits per heavy atom. The van der Waals surface area contributed by atoms with Crippen LogP contribution in [0.1, 0.15) is 12.0 Å². The van der Waals surface area contributed by atoms with E-state index in [1.807, 2.05) is 18.2 Å². The summed E-state index contributed by atoms with van der Waals surface area (Å²) in [6.07, 6.45) is 1.46. The maximum atomic E-state index is 11.5. The first kappa shape index (κ1) is 18.9. The first-order valence-corrected chi connectivity index (χ1v) is 10.8. The quantitative estimate of drug-likeness (QED) is 0.636. The molecule has 0 spiro atoms. The number of nitrogens with zero attached hydrogens (tertiary/aromatic N) is 2. The third-order valence-corrected chi connectivity index (χ3v) is 6.06. The molecule has 5 heteroatoms. The number of rotatable bonds is 6. The second-order valence-corrected chi connectivity index (χ2v) is 8.11. The molecule has 3 aromatic rings. The summed E-state index contributed by atoms with van der Waals surface area (Å²) in [7, 11) is 0. The van der Waals surface area contributed by atoms with Crippen LogP contribution >= 0.6 is 0 Å². The lowest BCUT2D eigenvalue weighted by Gasteiger charge is -2.36. The fraction of sp³-hybridized carbons (Fsp3) is 0.320. The van der Waals surface area contributed by atoms with Crippen molar-refractivity contribution in [3.8, 4) is 5.75 Å². The maximum absolute atomic E-state index is 11.5. The number of carbonyl (C=O) groups is 1. The number of benzene rings is 3. The predicted octanol–water partition coefficient (Wildman–Crippen LogP) is 3.93. The molecule has 1 saturated heterocycles. The Balaban J connectivity index is 1.07. The van der Waals surface area contributed by atoms with Crippen LogP contribution in [-0.4, -0.2) is 50.1 Å². The van der Waals surface area contributed by atoms with Crippen molar-refractivity contribution >= 4 is 28.1 Å². The molecule has 0 radical (unpaired) electrons. The highest BCUT2D eigenvalue weighted by Crippen LogP contribution is 2.27. The van der Waals surface area contributed by atoms with E-state index < -0.39 is 0 Å². The van der Waals surface area contributed by atoms with Gasteiger partial charge in [0.05, 0.1) is 13.0 Å². The van der Waals surface area contributed by atoms with Crippen LogP contribution in [0.15, 0.2) is 60.7 Å². The molecule has 0 saturated carbocycles. The molecule has 2 heterocycles. The van der Waals surface area contributed by atoms with E-state index in [9.17, 15) is 4.79 Å². The zero-order valence-electron chi connectivity index (χ0n) is 17.1. The lowest BCUT2D eigenvalue weighted by Crippen LogP contribution is -2.46. The van der Waals surface area contributed by atoms with Crippen molar-refractivity contribution in [2.75, 3.05) is 49.5 Å². The number of piperazine rings is 1. The van der Waals surface area contributed by atoms with Gasteiger partial charge in [0.15, 0.2) is 0 Å². The van der Waals surface area contributed by atoms with Crippen molar-refractivity contribution in [3.63, 3.8) is 0 Å². The molecular weight excluding hydrogens is 374 g/mol. The summed E-state index contributed by atoms with van der Waals surface area (Å²) >= 11 is 0. The first-order valence-electron chi connectivity index (χ1n) is 10.8.